The molecule has 0 atom stereocenters. The van der Waals surface area contributed by atoms with Crippen molar-refractivity contribution in [3.8, 4) is 17.2 Å². The lowest BCUT2D eigenvalue weighted by atomic mass is 10.1. The fraction of sp³-hybridized carbons (Fsp3) is 0.207. The highest BCUT2D eigenvalue weighted by Gasteiger charge is 2.37. The van der Waals surface area contributed by atoms with E-state index in [2.05, 4.69) is 28.2 Å². The maximum Gasteiger partial charge on any atom is 0.335 e. The van der Waals surface area contributed by atoms with Crippen molar-refractivity contribution in [3.05, 3.63) is 92.0 Å². The van der Waals surface area contributed by atoms with E-state index in [0.29, 0.717) is 39.5 Å². The van der Waals surface area contributed by atoms with E-state index in [1.807, 2.05) is 0 Å². The Balaban J connectivity index is 1.55. The van der Waals surface area contributed by atoms with Gasteiger partial charge < -0.3 is 14.2 Å². The van der Waals surface area contributed by atoms with E-state index < -0.39 is 22.8 Å². The molecular weight excluding hydrogens is 598 g/mol. The fourth-order valence-electron chi connectivity index (χ4n) is 3.92. The highest BCUT2D eigenvalue weighted by atomic mass is 79.9. The third-order valence-corrected chi connectivity index (χ3v) is 6.65. The molecule has 0 radical (unpaired) electrons. The van der Waals surface area contributed by atoms with Gasteiger partial charge in [0.15, 0.2) is 11.5 Å². The highest BCUT2D eigenvalue weighted by Crippen LogP contribution is 2.38. The number of anilines is 1. The van der Waals surface area contributed by atoms with Gasteiger partial charge in [-0.2, -0.15) is 0 Å². The summed E-state index contributed by atoms with van der Waals surface area (Å²) in [5.41, 5.74) is 1.14. The van der Waals surface area contributed by atoms with Crippen molar-refractivity contribution in [2.24, 2.45) is 0 Å². The zero-order chi connectivity index (χ0) is 29.5. The first-order valence-corrected chi connectivity index (χ1v) is 13.4. The summed E-state index contributed by atoms with van der Waals surface area (Å²) >= 11 is 3.44. The molecular formula is C29H26BrN3O8. The lowest BCUT2D eigenvalue weighted by molar-refractivity contribution is -0.384. The number of carbonyl (C=O) groups is 3. The number of nitro benzene ring substituents is 1. The van der Waals surface area contributed by atoms with Crippen LogP contribution in [-0.4, -0.2) is 36.5 Å². The molecule has 0 saturated carbocycles. The first kappa shape index (κ1) is 29.3. The third-order valence-electron chi connectivity index (χ3n) is 6.06. The third kappa shape index (κ3) is 6.90. The van der Waals surface area contributed by atoms with E-state index in [9.17, 15) is 24.5 Å². The number of rotatable bonds is 11. The van der Waals surface area contributed by atoms with Crippen LogP contribution in [0.4, 0.5) is 16.2 Å². The molecule has 4 rings (SSSR count). The van der Waals surface area contributed by atoms with Crippen molar-refractivity contribution in [2.45, 2.75) is 26.4 Å². The van der Waals surface area contributed by atoms with Crippen LogP contribution in [-0.2, 0) is 16.2 Å². The van der Waals surface area contributed by atoms with E-state index in [1.165, 1.54) is 25.3 Å². The number of hydrogen-bond donors (Lipinski definition) is 1. The number of non-ortho nitro benzene ring substituents is 1. The van der Waals surface area contributed by atoms with E-state index in [0.717, 1.165) is 17.7 Å². The van der Waals surface area contributed by atoms with Crippen molar-refractivity contribution in [1.82, 2.24) is 5.32 Å². The standard InChI is InChI=1S/C29H26BrN3O8/c1-3-4-13-40-22-11-9-20(10-12-22)32-28(35)23(27(34)31-29(32)36)14-19-15-24(30)26(25(16-19)39-2)41-17-18-5-7-21(8-6-18)33(37)38/h5-12,14-16H,3-4,13,17H2,1-2H3,(H,31,34,36)/b23-14-. The quantitative estimate of drug-likeness (QED) is 0.0931. The number of carbonyl (C=O) groups excluding carboxylic acids is 3. The second-order valence-corrected chi connectivity index (χ2v) is 9.75. The predicted molar refractivity (Wildman–Crippen MR) is 154 cm³/mol. The molecule has 0 spiro atoms. The molecule has 12 heteroatoms. The minimum atomic E-state index is -0.856. The largest absolute Gasteiger partial charge is 0.494 e. The Bertz CT molecular complexity index is 1500. The SMILES string of the molecule is CCCCOc1ccc(N2C(=O)NC(=O)/C(=C/c3cc(Br)c(OCc4ccc([N+](=O)[O-])cc4)c(OC)c3)C2=O)cc1. The molecule has 0 aromatic heterocycles. The van der Waals surface area contributed by atoms with Gasteiger partial charge in [-0.15, -0.1) is 0 Å². The predicted octanol–water partition coefficient (Wildman–Crippen LogP) is 5.79. The molecule has 1 aliphatic rings. The Labute approximate surface area is 244 Å². The number of benzene rings is 3. The number of urea groups is 1. The number of unbranched alkanes of at least 4 members (excludes halogenated alkanes) is 1. The molecule has 3 aromatic carbocycles. The Morgan fingerprint density at radius 1 is 1.02 bits per heavy atom. The summed E-state index contributed by atoms with van der Waals surface area (Å²) in [6.45, 7) is 2.72. The van der Waals surface area contributed by atoms with Gasteiger partial charge in [0, 0.05) is 12.1 Å². The van der Waals surface area contributed by atoms with Crippen molar-refractivity contribution < 1.29 is 33.5 Å². The molecule has 1 saturated heterocycles. The zero-order valence-corrected chi connectivity index (χ0v) is 23.8. The summed E-state index contributed by atoms with van der Waals surface area (Å²) in [7, 11) is 1.44. The summed E-state index contributed by atoms with van der Waals surface area (Å²) in [6, 6.07) is 14.8. The Morgan fingerprint density at radius 3 is 2.37 bits per heavy atom. The number of hydrogen-bond acceptors (Lipinski definition) is 8. The average molecular weight is 624 g/mol. The number of imide groups is 2. The molecule has 1 N–H and O–H groups in total. The number of barbiturate groups is 1. The summed E-state index contributed by atoms with van der Waals surface area (Å²) in [5.74, 6) is -0.350. The van der Waals surface area contributed by atoms with Gasteiger partial charge in [0.25, 0.3) is 17.5 Å². The number of amides is 4. The Kier molecular flexibility index (Phi) is 9.35. The summed E-state index contributed by atoms with van der Waals surface area (Å²) in [6.07, 6.45) is 3.25. The van der Waals surface area contributed by atoms with Gasteiger partial charge in [-0.05, 0) is 88.1 Å². The number of ether oxygens (including phenoxy) is 3. The van der Waals surface area contributed by atoms with E-state index in [-0.39, 0.29) is 23.6 Å². The number of nitrogens with zero attached hydrogens (tertiary/aromatic N) is 2. The minimum absolute atomic E-state index is 0.0279. The molecule has 1 aliphatic heterocycles. The van der Waals surface area contributed by atoms with Crippen LogP contribution in [0.15, 0.2) is 70.7 Å². The second kappa shape index (κ2) is 13.1. The van der Waals surface area contributed by atoms with Gasteiger partial charge in [-0.25, -0.2) is 9.69 Å². The highest BCUT2D eigenvalue weighted by molar-refractivity contribution is 9.10. The maximum absolute atomic E-state index is 13.3. The number of methoxy groups -OCH3 is 1. The van der Waals surface area contributed by atoms with Gasteiger partial charge >= 0.3 is 6.03 Å². The molecule has 0 aliphatic carbocycles. The van der Waals surface area contributed by atoms with E-state index >= 15 is 0 Å². The van der Waals surface area contributed by atoms with Crippen molar-refractivity contribution in [3.63, 3.8) is 0 Å². The lowest BCUT2D eigenvalue weighted by Gasteiger charge is -2.26. The van der Waals surface area contributed by atoms with Crippen molar-refractivity contribution in [2.75, 3.05) is 18.6 Å². The van der Waals surface area contributed by atoms with Crippen LogP contribution in [0, 0.1) is 10.1 Å². The van der Waals surface area contributed by atoms with Gasteiger partial charge in [0.05, 0.1) is 28.8 Å². The summed E-state index contributed by atoms with van der Waals surface area (Å²) < 4.78 is 17.5. The van der Waals surface area contributed by atoms with Crippen molar-refractivity contribution in [1.29, 1.82) is 0 Å². The molecule has 3 aromatic rings. The van der Waals surface area contributed by atoms with Crippen LogP contribution in [0.25, 0.3) is 6.08 Å². The van der Waals surface area contributed by atoms with Crippen LogP contribution in [0.2, 0.25) is 0 Å². The summed E-state index contributed by atoms with van der Waals surface area (Å²) in [5, 5.41) is 13.1. The zero-order valence-electron chi connectivity index (χ0n) is 22.2. The smallest absolute Gasteiger partial charge is 0.335 e. The molecule has 4 amide bonds. The van der Waals surface area contributed by atoms with Crippen LogP contribution in [0.1, 0.15) is 30.9 Å². The van der Waals surface area contributed by atoms with Crippen LogP contribution < -0.4 is 24.4 Å². The number of nitrogens with one attached hydrogen (secondary N) is 1. The van der Waals surface area contributed by atoms with E-state index in [4.69, 9.17) is 14.2 Å². The normalized spacial score (nSPS) is 14.2. The van der Waals surface area contributed by atoms with Gasteiger partial charge in [-0.3, -0.25) is 25.0 Å². The number of nitro groups is 1. The van der Waals surface area contributed by atoms with Gasteiger partial charge in [0.2, 0.25) is 0 Å². The molecule has 11 nitrogen and oxygen atoms in total. The van der Waals surface area contributed by atoms with Crippen LogP contribution in [0.5, 0.6) is 17.2 Å². The Hall–Kier alpha value is -4.71. The van der Waals surface area contributed by atoms with Crippen LogP contribution >= 0.6 is 15.9 Å². The average Bonchev–Trinajstić information content (AvgIpc) is 2.95. The second-order valence-electron chi connectivity index (χ2n) is 8.90. The number of halogens is 1. The molecule has 212 valence electrons. The molecule has 0 bridgehead atoms. The lowest BCUT2D eigenvalue weighted by Crippen LogP contribution is -2.54. The van der Waals surface area contributed by atoms with Crippen LogP contribution in [0.3, 0.4) is 0 Å². The first-order valence-electron chi connectivity index (χ1n) is 12.6. The van der Waals surface area contributed by atoms with Crippen molar-refractivity contribution >= 4 is 51.2 Å². The Morgan fingerprint density at radius 2 is 1.73 bits per heavy atom. The first-order chi connectivity index (χ1) is 19.7. The van der Waals surface area contributed by atoms with Gasteiger partial charge in [0.1, 0.15) is 17.9 Å². The molecule has 1 heterocycles. The molecule has 41 heavy (non-hydrogen) atoms. The molecule has 1 fully saturated rings. The molecule has 0 unspecified atom stereocenters. The van der Waals surface area contributed by atoms with Gasteiger partial charge in [-0.1, -0.05) is 13.3 Å². The van der Waals surface area contributed by atoms with E-state index in [1.54, 1.807) is 48.5 Å². The maximum atomic E-state index is 13.3. The monoisotopic (exact) mass is 623 g/mol. The minimum Gasteiger partial charge on any atom is -0.494 e. The summed E-state index contributed by atoms with van der Waals surface area (Å²) in [4.78, 5) is 49.8. The topological polar surface area (TPSA) is 137 Å². The fourth-order valence-corrected chi connectivity index (χ4v) is 4.49.